The van der Waals surface area contributed by atoms with Crippen LogP contribution < -0.4 is 15.0 Å². The summed E-state index contributed by atoms with van der Waals surface area (Å²) in [6, 6.07) is 3.10. The Hall–Kier alpha value is -3.30. The number of rotatable bonds is 3. The summed E-state index contributed by atoms with van der Waals surface area (Å²) in [5.41, 5.74) is 1.60. The van der Waals surface area contributed by atoms with Crippen molar-refractivity contribution in [3.05, 3.63) is 23.3 Å². The summed E-state index contributed by atoms with van der Waals surface area (Å²) < 4.78 is 11.0. The molecule has 1 aromatic carbocycles. The van der Waals surface area contributed by atoms with Gasteiger partial charge in [0.05, 0.1) is 12.7 Å². The van der Waals surface area contributed by atoms with Crippen molar-refractivity contribution in [3.63, 3.8) is 0 Å². The van der Waals surface area contributed by atoms with Gasteiger partial charge >= 0.3 is 6.09 Å². The fourth-order valence-electron chi connectivity index (χ4n) is 4.47. The van der Waals surface area contributed by atoms with Crippen LogP contribution in [0.25, 0.3) is 0 Å². The monoisotopic (exact) mass is 458 g/mol. The van der Waals surface area contributed by atoms with E-state index in [-0.39, 0.29) is 30.9 Å². The third-order valence-corrected chi connectivity index (χ3v) is 6.09. The minimum absolute atomic E-state index is 0.209. The van der Waals surface area contributed by atoms with Gasteiger partial charge in [0.25, 0.3) is 5.91 Å². The molecule has 1 unspecified atom stereocenters. The van der Waals surface area contributed by atoms with E-state index in [4.69, 9.17) is 9.47 Å². The number of hydrogen-bond donors (Lipinski definition) is 1. The van der Waals surface area contributed by atoms with Crippen molar-refractivity contribution in [2.45, 2.75) is 51.8 Å². The number of imide groups is 1. The zero-order chi connectivity index (χ0) is 23.9. The van der Waals surface area contributed by atoms with Crippen molar-refractivity contribution < 1.29 is 28.7 Å². The van der Waals surface area contributed by atoms with Crippen LogP contribution in [-0.4, -0.2) is 78.5 Å². The molecule has 1 aromatic rings. The summed E-state index contributed by atoms with van der Waals surface area (Å²) in [6.07, 6.45) is 0.201. The summed E-state index contributed by atoms with van der Waals surface area (Å²) in [5.74, 6) is -0.565. The average molecular weight is 459 g/mol. The number of fused-ring (bicyclic) bond motifs is 1. The van der Waals surface area contributed by atoms with Crippen LogP contribution in [-0.2, 0) is 20.9 Å². The van der Waals surface area contributed by atoms with Gasteiger partial charge in [-0.05, 0) is 38.8 Å². The molecule has 10 nitrogen and oxygen atoms in total. The molecule has 1 atom stereocenters. The van der Waals surface area contributed by atoms with Gasteiger partial charge < -0.3 is 24.2 Å². The topological polar surface area (TPSA) is 108 Å². The number of benzene rings is 1. The third-order valence-electron chi connectivity index (χ3n) is 6.09. The van der Waals surface area contributed by atoms with E-state index >= 15 is 0 Å². The largest absolute Gasteiger partial charge is 0.496 e. The van der Waals surface area contributed by atoms with Crippen LogP contribution in [0.5, 0.6) is 5.75 Å². The summed E-state index contributed by atoms with van der Waals surface area (Å²) >= 11 is 0. The Morgan fingerprint density at radius 1 is 1.09 bits per heavy atom. The van der Waals surface area contributed by atoms with Gasteiger partial charge in [-0.2, -0.15) is 0 Å². The van der Waals surface area contributed by atoms with Gasteiger partial charge in [-0.15, -0.1) is 0 Å². The van der Waals surface area contributed by atoms with Crippen LogP contribution >= 0.6 is 0 Å². The lowest BCUT2D eigenvalue weighted by atomic mass is 10.0. The van der Waals surface area contributed by atoms with Gasteiger partial charge in [0, 0.05) is 50.9 Å². The van der Waals surface area contributed by atoms with E-state index in [1.54, 1.807) is 4.90 Å². The minimum atomic E-state index is -0.673. The Morgan fingerprint density at radius 2 is 1.79 bits per heavy atom. The molecule has 3 aliphatic heterocycles. The lowest BCUT2D eigenvalue weighted by Gasteiger charge is -2.37. The van der Waals surface area contributed by atoms with Crippen LogP contribution in [0, 0.1) is 0 Å². The second kappa shape index (κ2) is 8.57. The first-order chi connectivity index (χ1) is 15.6. The maximum atomic E-state index is 13.1. The molecule has 2 saturated heterocycles. The van der Waals surface area contributed by atoms with Gasteiger partial charge in [0.15, 0.2) is 0 Å². The molecule has 0 radical (unpaired) electrons. The van der Waals surface area contributed by atoms with Gasteiger partial charge in [-0.1, -0.05) is 0 Å². The van der Waals surface area contributed by atoms with Crippen LogP contribution in [0.3, 0.4) is 0 Å². The molecular formula is C23H30N4O6. The average Bonchev–Trinajstić information content (AvgIpc) is 3.08. The first-order valence-electron chi connectivity index (χ1n) is 11.2. The number of piperidine rings is 1. The predicted octanol–water partition coefficient (Wildman–Crippen LogP) is 1.51. The highest BCUT2D eigenvalue weighted by atomic mass is 16.6. The number of carbonyl (C=O) groups excluding carboxylic acids is 4. The maximum absolute atomic E-state index is 13.1. The molecule has 33 heavy (non-hydrogen) atoms. The van der Waals surface area contributed by atoms with E-state index < -0.39 is 17.6 Å². The van der Waals surface area contributed by atoms with E-state index in [1.807, 2.05) is 32.9 Å². The smallest absolute Gasteiger partial charge is 0.410 e. The van der Waals surface area contributed by atoms with E-state index in [9.17, 15) is 19.2 Å². The SMILES string of the molecule is COc1cc(N2CCN(C(=O)OC(C)(C)C)CC2)cc2c1C(=O)N(C1CCC(=O)NC1=O)C2. The number of methoxy groups -OCH3 is 1. The van der Waals surface area contributed by atoms with Crippen LogP contribution in [0.1, 0.15) is 49.5 Å². The Kier molecular flexibility index (Phi) is 5.94. The zero-order valence-corrected chi connectivity index (χ0v) is 19.5. The van der Waals surface area contributed by atoms with Crippen molar-refractivity contribution in [2.24, 2.45) is 0 Å². The van der Waals surface area contributed by atoms with Crippen molar-refractivity contribution >= 4 is 29.5 Å². The number of carbonyl (C=O) groups is 4. The summed E-state index contributed by atoms with van der Waals surface area (Å²) in [4.78, 5) is 54.6. The lowest BCUT2D eigenvalue weighted by Crippen LogP contribution is -2.52. The second-order valence-electron chi connectivity index (χ2n) is 9.54. The van der Waals surface area contributed by atoms with Crippen molar-refractivity contribution in [1.29, 1.82) is 0 Å². The summed E-state index contributed by atoms with van der Waals surface area (Å²) in [6.45, 7) is 8.10. The molecule has 178 valence electrons. The maximum Gasteiger partial charge on any atom is 0.410 e. The first kappa shape index (κ1) is 22.9. The number of amides is 4. The van der Waals surface area contributed by atoms with E-state index in [0.717, 1.165) is 11.3 Å². The first-order valence-corrected chi connectivity index (χ1v) is 11.2. The van der Waals surface area contributed by atoms with Crippen molar-refractivity contribution in [2.75, 3.05) is 38.2 Å². The minimum Gasteiger partial charge on any atom is -0.496 e. The Morgan fingerprint density at radius 3 is 2.39 bits per heavy atom. The molecule has 2 fully saturated rings. The highest BCUT2D eigenvalue weighted by Gasteiger charge is 2.41. The van der Waals surface area contributed by atoms with E-state index in [1.165, 1.54) is 12.0 Å². The van der Waals surface area contributed by atoms with Crippen molar-refractivity contribution in [1.82, 2.24) is 15.1 Å². The van der Waals surface area contributed by atoms with Crippen LogP contribution in [0.2, 0.25) is 0 Å². The normalized spacial score (nSPS) is 21.2. The summed E-state index contributed by atoms with van der Waals surface area (Å²) in [5, 5.41) is 2.32. The van der Waals surface area contributed by atoms with Gasteiger partial charge in [0.2, 0.25) is 11.8 Å². The fraction of sp³-hybridized carbons (Fsp3) is 0.565. The van der Waals surface area contributed by atoms with Crippen LogP contribution in [0.4, 0.5) is 10.5 Å². The molecular weight excluding hydrogens is 428 g/mol. The molecule has 10 heteroatoms. The Bertz CT molecular complexity index is 993. The fourth-order valence-corrected chi connectivity index (χ4v) is 4.47. The summed E-state index contributed by atoms with van der Waals surface area (Å²) in [7, 11) is 1.52. The molecule has 0 spiro atoms. The Balaban J connectivity index is 1.49. The van der Waals surface area contributed by atoms with E-state index in [2.05, 4.69) is 10.2 Å². The number of hydrogen-bond acceptors (Lipinski definition) is 7. The molecule has 3 heterocycles. The molecule has 4 rings (SSSR count). The Labute approximate surface area is 192 Å². The molecule has 3 aliphatic rings. The molecule has 0 bridgehead atoms. The standard InChI is InChI=1S/C23H30N4O6/c1-23(2,3)33-22(31)26-9-7-25(8-10-26)15-11-14-13-27(16-5-6-18(28)24-20(16)29)21(30)19(14)17(12-15)32-4/h11-12,16H,5-10,13H2,1-4H3,(H,24,28,29). The molecule has 0 aliphatic carbocycles. The third kappa shape index (κ3) is 4.60. The molecule has 4 amide bonds. The van der Waals surface area contributed by atoms with Gasteiger partial charge in [-0.25, -0.2) is 4.79 Å². The molecule has 1 N–H and O–H groups in total. The van der Waals surface area contributed by atoms with Gasteiger partial charge in [-0.3, -0.25) is 19.7 Å². The number of anilines is 1. The number of nitrogens with zero attached hydrogens (tertiary/aromatic N) is 3. The zero-order valence-electron chi connectivity index (χ0n) is 19.5. The molecule has 0 saturated carbocycles. The number of nitrogens with one attached hydrogen (secondary N) is 1. The van der Waals surface area contributed by atoms with E-state index in [0.29, 0.717) is 43.9 Å². The number of piperazine rings is 1. The van der Waals surface area contributed by atoms with Crippen molar-refractivity contribution in [3.8, 4) is 5.75 Å². The molecule has 0 aromatic heterocycles. The lowest BCUT2D eigenvalue weighted by molar-refractivity contribution is -0.136. The highest BCUT2D eigenvalue weighted by Crippen LogP contribution is 2.37. The highest BCUT2D eigenvalue weighted by molar-refractivity contribution is 6.06. The van der Waals surface area contributed by atoms with Crippen LogP contribution in [0.15, 0.2) is 12.1 Å². The number of ether oxygens (including phenoxy) is 2. The predicted molar refractivity (Wildman–Crippen MR) is 119 cm³/mol. The van der Waals surface area contributed by atoms with Gasteiger partial charge in [0.1, 0.15) is 17.4 Å². The second-order valence-corrected chi connectivity index (χ2v) is 9.54. The quantitative estimate of drug-likeness (QED) is 0.684.